The minimum Gasteiger partial charge on any atom is -0.488 e. The lowest BCUT2D eigenvalue weighted by molar-refractivity contribution is 0.122. The van der Waals surface area contributed by atoms with Crippen LogP contribution in [0.15, 0.2) is 94.4 Å². The summed E-state index contributed by atoms with van der Waals surface area (Å²) in [6.45, 7) is 3.92. The maximum absolute atomic E-state index is 6.23. The molecule has 4 nitrogen and oxygen atoms in total. The number of ether oxygens (including phenoxy) is 2. The fraction of sp³-hybridized carbons (Fsp3) is 0.179. The van der Waals surface area contributed by atoms with Crippen molar-refractivity contribution < 1.29 is 9.47 Å². The van der Waals surface area contributed by atoms with Crippen LogP contribution in [-0.4, -0.2) is 32.5 Å². The lowest BCUT2D eigenvalue weighted by Crippen LogP contribution is -2.36. The molecule has 1 fully saturated rings. The normalized spacial score (nSPS) is 14.2. The van der Waals surface area contributed by atoms with Crippen LogP contribution in [0.2, 0.25) is 0 Å². The Morgan fingerprint density at radius 1 is 0.879 bits per heavy atom. The molecule has 5 heteroatoms. The van der Waals surface area contributed by atoms with E-state index in [1.165, 1.54) is 5.69 Å². The topological polar surface area (TPSA) is 34.1 Å². The quantitative estimate of drug-likeness (QED) is 0.274. The van der Waals surface area contributed by atoms with Gasteiger partial charge in [0.1, 0.15) is 12.4 Å². The van der Waals surface area contributed by atoms with Crippen LogP contribution in [0.5, 0.6) is 5.75 Å². The van der Waals surface area contributed by atoms with Gasteiger partial charge in [0.15, 0.2) is 0 Å². The van der Waals surface area contributed by atoms with E-state index in [0.717, 1.165) is 64.1 Å². The molecule has 1 saturated heterocycles. The Kier molecular flexibility index (Phi) is 6.70. The third-order valence-corrected chi connectivity index (χ3v) is 6.34. The van der Waals surface area contributed by atoms with Gasteiger partial charge in [-0.2, -0.15) is 0 Å². The fourth-order valence-corrected chi connectivity index (χ4v) is 4.25. The van der Waals surface area contributed by atoms with Gasteiger partial charge in [0.25, 0.3) is 0 Å². The van der Waals surface area contributed by atoms with Gasteiger partial charge < -0.3 is 14.4 Å². The van der Waals surface area contributed by atoms with E-state index in [1.807, 2.05) is 24.4 Å². The minimum absolute atomic E-state index is 0.501. The number of hydrogen-bond acceptors (Lipinski definition) is 4. The largest absolute Gasteiger partial charge is 0.488 e. The van der Waals surface area contributed by atoms with Crippen molar-refractivity contribution in [2.45, 2.75) is 6.61 Å². The van der Waals surface area contributed by atoms with E-state index in [-0.39, 0.29) is 0 Å². The van der Waals surface area contributed by atoms with E-state index >= 15 is 0 Å². The maximum Gasteiger partial charge on any atom is 0.129 e. The molecule has 0 N–H and O–H groups in total. The lowest BCUT2D eigenvalue weighted by Gasteiger charge is -2.28. The molecule has 1 aliphatic rings. The van der Waals surface area contributed by atoms with Crippen molar-refractivity contribution in [1.82, 2.24) is 0 Å². The summed E-state index contributed by atoms with van der Waals surface area (Å²) in [5.41, 5.74) is 4.23. The van der Waals surface area contributed by atoms with E-state index in [2.05, 4.69) is 87.6 Å². The molecule has 4 aromatic carbocycles. The van der Waals surface area contributed by atoms with Crippen LogP contribution in [0.3, 0.4) is 0 Å². The number of halogens is 1. The molecular weight excluding hydrogens is 476 g/mol. The van der Waals surface area contributed by atoms with Crippen molar-refractivity contribution in [2.24, 2.45) is 4.99 Å². The van der Waals surface area contributed by atoms with Gasteiger partial charge in [0.2, 0.25) is 0 Å². The smallest absolute Gasteiger partial charge is 0.129 e. The zero-order valence-corrected chi connectivity index (χ0v) is 19.9. The van der Waals surface area contributed by atoms with Crippen LogP contribution in [0.1, 0.15) is 11.1 Å². The predicted molar refractivity (Wildman–Crippen MR) is 139 cm³/mol. The molecule has 0 amide bonds. The maximum atomic E-state index is 6.23. The van der Waals surface area contributed by atoms with Crippen molar-refractivity contribution in [2.75, 3.05) is 31.2 Å². The van der Waals surface area contributed by atoms with Crippen molar-refractivity contribution in [1.29, 1.82) is 0 Å². The Balaban J connectivity index is 1.40. The van der Waals surface area contributed by atoms with Gasteiger partial charge in [-0.1, -0.05) is 58.4 Å². The monoisotopic (exact) mass is 500 g/mol. The van der Waals surface area contributed by atoms with Crippen LogP contribution in [0, 0.1) is 0 Å². The van der Waals surface area contributed by atoms with Crippen molar-refractivity contribution in [3.63, 3.8) is 0 Å². The average Bonchev–Trinajstić information content (AvgIpc) is 2.88. The van der Waals surface area contributed by atoms with Crippen molar-refractivity contribution in [3.05, 3.63) is 101 Å². The zero-order valence-electron chi connectivity index (χ0n) is 18.3. The van der Waals surface area contributed by atoms with E-state index < -0.39 is 0 Å². The molecule has 1 heterocycles. The van der Waals surface area contributed by atoms with Gasteiger partial charge in [-0.25, -0.2) is 0 Å². The molecular formula is C28H25BrN2O2. The highest BCUT2D eigenvalue weighted by atomic mass is 79.9. The van der Waals surface area contributed by atoms with Gasteiger partial charge >= 0.3 is 0 Å². The number of rotatable bonds is 6. The van der Waals surface area contributed by atoms with E-state index in [9.17, 15) is 0 Å². The Bertz CT molecular complexity index is 1250. The van der Waals surface area contributed by atoms with Crippen molar-refractivity contribution in [3.8, 4) is 5.75 Å². The molecule has 0 spiro atoms. The highest BCUT2D eigenvalue weighted by Crippen LogP contribution is 2.29. The Hall–Kier alpha value is -3.15. The second kappa shape index (κ2) is 10.2. The van der Waals surface area contributed by atoms with Crippen molar-refractivity contribution >= 4 is 44.3 Å². The summed E-state index contributed by atoms with van der Waals surface area (Å²) in [6, 6.07) is 29.0. The van der Waals surface area contributed by atoms with Gasteiger partial charge in [-0.05, 0) is 58.8 Å². The molecule has 5 rings (SSSR count). The number of anilines is 1. The van der Waals surface area contributed by atoms with Gasteiger partial charge in [0, 0.05) is 35.0 Å². The average molecular weight is 501 g/mol. The Morgan fingerprint density at radius 3 is 2.42 bits per heavy atom. The number of hydrogen-bond donors (Lipinski definition) is 0. The standard InChI is InChI=1S/C28H25BrN2O2/c29-23-8-5-21(6-9-23)20-33-28-14-7-22-3-1-2-4-26(22)27(28)19-30-24-10-12-25(13-11-24)31-15-17-32-18-16-31/h1-14,19H,15-18,20H2. The first-order chi connectivity index (χ1) is 16.3. The summed E-state index contributed by atoms with van der Waals surface area (Å²) in [7, 11) is 0. The molecule has 166 valence electrons. The van der Waals surface area contributed by atoms with Crippen LogP contribution < -0.4 is 9.64 Å². The van der Waals surface area contributed by atoms with E-state index in [0.29, 0.717) is 6.61 Å². The number of morpholine rings is 1. The van der Waals surface area contributed by atoms with Gasteiger partial charge in [-0.15, -0.1) is 0 Å². The van der Waals surface area contributed by atoms with Crippen LogP contribution in [-0.2, 0) is 11.3 Å². The summed E-state index contributed by atoms with van der Waals surface area (Å²) in [5.74, 6) is 0.824. The zero-order chi connectivity index (χ0) is 22.5. The summed E-state index contributed by atoms with van der Waals surface area (Å²) in [6.07, 6.45) is 1.92. The van der Waals surface area contributed by atoms with E-state index in [4.69, 9.17) is 14.5 Å². The number of benzene rings is 4. The number of nitrogens with zero attached hydrogens (tertiary/aromatic N) is 2. The Labute approximate surface area is 202 Å². The summed E-state index contributed by atoms with van der Waals surface area (Å²) in [4.78, 5) is 7.13. The third kappa shape index (κ3) is 5.27. The molecule has 0 radical (unpaired) electrons. The minimum atomic E-state index is 0.501. The Morgan fingerprint density at radius 2 is 1.64 bits per heavy atom. The van der Waals surface area contributed by atoms with E-state index in [1.54, 1.807) is 0 Å². The molecule has 0 saturated carbocycles. The molecule has 0 atom stereocenters. The summed E-state index contributed by atoms with van der Waals surface area (Å²) < 4.78 is 12.7. The first kappa shape index (κ1) is 21.7. The van der Waals surface area contributed by atoms with Crippen LogP contribution in [0.25, 0.3) is 10.8 Å². The third-order valence-electron chi connectivity index (χ3n) is 5.81. The van der Waals surface area contributed by atoms with Crippen LogP contribution in [0.4, 0.5) is 11.4 Å². The molecule has 0 aromatic heterocycles. The predicted octanol–water partition coefficient (Wildman–Crippen LogP) is 6.77. The molecule has 1 aliphatic heterocycles. The molecule has 4 aromatic rings. The van der Waals surface area contributed by atoms with Crippen LogP contribution >= 0.6 is 15.9 Å². The van der Waals surface area contributed by atoms with Gasteiger partial charge in [-0.3, -0.25) is 4.99 Å². The fourth-order valence-electron chi connectivity index (χ4n) is 3.99. The second-order valence-corrected chi connectivity index (χ2v) is 8.90. The second-order valence-electron chi connectivity index (χ2n) is 7.99. The molecule has 0 bridgehead atoms. The van der Waals surface area contributed by atoms with Gasteiger partial charge in [0.05, 0.1) is 18.9 Å². The highest BCUT2D eigenvalue weighted by Gasteiger charge is 2.11. The lowest BCUT2D eigenvalue weighted by atomic mass is 10.0. The molecule has 0 unspecified atom stereocenters. The molecule has 0 aliphatic carbocycles. The molecule has 33 heavy (non-hydrogen) atoms. The SMILES string of the molecule is Brc1ccc(COc2ccc3ccccc3c2C=Nc2ccc(N3CCOCC3)cc2)cc1. The summed E-state index contributed by atoms with van der Waals surface area (Å²) in [5, 5.41) is 2.29. The highest BCUT2D eigenvalue weighted by molar-refractivity contribution is 9.10. The number of aliphatic imine (C=N–C) groups is 1. The first-order valence-electron chi connectivity index (χ1n) is 11.1. The summed E-state index contributed by atoms with van der Waals surface area (Å²) >= 11 is 3.48. The first-order valence-corrected chi connectivity index (χ1v) is 11.9. The number of fused-ring (bicyclic) bond motifs is 1.